The zero-order valence-electron chi connectivity index (χ0n) is 7.51. The van der Waals surface area contributed by atoms with Crippen LogP contribution in [0.5, 0.6) is 0 Å². The van der Waals surface area contributed by atoms with Gasteiger partial charge in [-0.2, -0.15) is 0 Å². The molecule has 1 saturated heterocycles. The van der Waals surface area contributed by atoms with E-state index in [-0.39, 0.29) is 0 Å². The lowest BCUT2D eigenvalue weighted by Gasteiger charge is -2.09. The number of carboxylic acid groups (broad SMARTS) is 2. The molecule has 1 aliphatic heterocycles. The summed E-state index contributed by atoms with van der Waals surface area (Å²) in [6.45, 7) is 3.11. The third-order valence-electron chi connectivity index (χ3n) is 1.11. The van der Waals surface area contributed by atoms with Crippen LogP contribution in [0.25, 0.3) is 0 Å². The lowest BCUT2D eigenvalue weighted by atomic mass is 10.5. The minimum absolute atomic E-state index is 0.558. The molecular formula is C8H12O6. The highest BCUT2D eigenvalue weighted by atomic mass is 16.6. The van der Waals surface area contributed by atoms with Crippen molar-refractivity contribution in [1.29, 1.82) is 0 Å². The number of ether oxygens (including phenoxy) is 2. The fourth-order valence-corrected chi connectivity index (χ4v) is 0.582. The highest BCUT2D eigenvalue weighted by Gasteiger charge is 1.94. The van der Waals surface area contributed by atoms with Gasteiger partial charge in [0.05, 0.1) is 26.4 Å². The molecule has 1 aliphatic rings. The fourth-order valence-electron chi connectivity index (χ4n) is 0.582. The molecule has 1 rings (SSSR count). The predicted molar refractivity (Wildman–Crippen MR) is 46.0 cm³/mol. The van der Waals surface area contributed by atoms with E-state index in [0.29, 0.717) is 12.2 Å². The van der Waals surface area contributed by atoms with E-state index < -0.39 is 11.9 Å². The minimum atomic E-state index is -1.26. The summed E-state index contributed by atoms with van der Waals surface area (Å²) >= 11 is 0. The van der Waals surface area contributed by atoms with Crippen LogP contribution in [0.1, 0.15) is 0 Å². The molecule has 0 aromatic heterocycles. The van der Waals surface area contributed by atoms with E-state index in [1.165, 1.54) is 0 Å². The number of rotatable bonds is 2. The molecule has 0 atom stereocenters. The molecule has 2 N–H and O–H groups in total. The molecule has 80 valence electrons. The van der Waals surface area contributed by atoms with Gasteiger partial charge < -0.3 is 19.7 Å². The van der Waals surface area contributed by atoms with Crippen LogP contribution in [0.2, 0.25) is 0 Å². The van der Waals surface area contributed by atoms with Crippen LogP contribution < -0.4 is 0 Å². The average Bonchev–Trinajstić information content (AvgIpc) is 2.18. The molecule has 0 saturated carbocycles. The van der Waals surface area contributed by atoms with Crippen molar-refractivity contribution in [3.05, 3.63) is 12.2 Å². The minimum Gasteiger partial charge on any atom is -0.478 e. The van der Waals surface area contributed by atoms with Crippen LogP contribution in [-0.4, -0.2) is 48.6 Å². The Morgan fingerprint density at radius 2 is 1.14 bits per heavy atom. The lowest BCUT2D eigenvalue weighted by Crippen LogP contribution is -2.16. The largest absolute Gasteiger partial charge is 0.478 e. The van der Waals surface area contributed by atoms with E-state index in [1.807, 2.05) is 0 Å². The van der Waals surface area contributed by atoms with E-state index in [4.69, 9.17) is 19.7 Å². The van der Waals surface area contributed by atoms with E-state index in [9.17, 15) is 9.59 Å². The summed E-state index contributed by atoms with van der Waals surface area (Å²) in [5.41, 5.74) is 0. The van der Waals surface area contributed by atoms with Gasteiger partial charge in [-0.15, -0.1) is 0 Å². The van der Waals surface area contributed by atoms with Crippen molar-refractivity contribution < 1.29 is 29.3 Å². The van der Waals surface area contributed by atoms with E-state index >= 15 is 0 Å². The topological polar surface area (TPSA) is 93.1 Å². The summed E-state index contributed by atoms with van der Waals surface area (Å²) < 4.78 is 9.89. The van der Waals surface area contributed by atoms with E-state index in [2.05, 4.69) is 0 Å². The van der Waals surface area contributed by atoms with Crippen LogP contribution in [0, 0.1) is 0 Å². The van der Waals surface area contributed by atoms with Crippen molar-refractivity contribution in [3.8, 4) is 0 Å². The van der Waals surface area contributed by atoms with Crippen LogP contribution >= 0.6 is 0 Å². The molecule has 0 aromatic carbocycles. The Bertz CT molecular complexity index is 178. The number of aliphatic carboxylic acids is 2. The zero-order valence-corrected chi connectivity index (χ0v) is 7.51. The second-order valence-electron chi connectivity index (χ2n) is 2.23. The molecule has 0 aromatic rings. The summed E-state index contributed by atoms with van der Waals surface area (Å²) in [6, 6.07) is 0. The molecule has 1 fully saturated rings. The SMILES string of the molecule is C1COCCO1.O=C(O)C=CC(=O)O. The van der Waals surface area contributed by atoms with Gasteiger partial charge in [-0.3, -0.25) is 0 Å². The molecule has 0 aliphatic carbocycles. The van der Waals surface area contributed by atoms with Gasteiger partial charge in [0.15, 0.2) is 0 Å². The van der Waals surface area contributed by atoms with Crippen LogP contribution in [0.3, 0.4) is 0 Å². The highest BCUT2D eigenvalue weighted by Crippen LogP contribution is 1.85. The number of hydrogen-bond acceptors (Lipinski definition) is 4. The fraction of sp³-hybridized carbons (Fsp3) is 0.500. The van der Waals surface area contributed by atoms with Gasteiger partial charge in [-0.1, -0.05) is 0 Å². The Labute approximate surface area is 80.7 Å². The van der Waals surface area contributed by atoms with Crippen molar-refractivity contribution in [2.75, 3.05) is 26.4 Å². The Kier molecular flexibility index (Phi) is 7.39. The first-order valence-corrected chi connectivity index (χ1v) is 3.92. The summed E-state index contributed by atoms with van der Waals surface area (Å²) in [7, 11) is 0. The predicted octanol–water partition coefficient (Wildman–Crippen LogP) is -0.255. The van der Waals surface area contributed by atoms with Crippen molar-refractivity contribution >= 4 is 11.9 Å². The van der Waals surface area contributed by atoms with E-state index in [1.54, 1.807) is 0 Å². The van der Waals surface area contributed by atoms with Gasteiger partial charge in [-0.05, 0) is 0 Å². The Morgan fingerprint density at radius 3 is 1.29 bits per heavy atom. The number of carbonyl (C=O) groups is 2. The summed E-state index contributed by atoms with van der Waals surface area (Å²) in [5, 5.41) is 15.6. The Morgan fingerprint density at radius 1 is 0.857 bits per heavy atom. The second kappa shape index (κ2) is 8.21. The van der Waals surface area contributed by atoms with Crippen molar-refractivity contribution in [2.45, 2.75) is 0 Å². The molecule has 0 amide bonds. The first-order valence-electron chi connectivity index (χ1n) is 3.92. The maximum Gasteiger partial charge on any atom is 0.328 e. The first-order chi connectivity index (χ1) is 6.63. The van der Waals surface area contributed by atoms with Gasteiger partial charge in [0.25, 0.3) is 0 Å². The smallest absolute Gasteiger partial charge is 0.328 e. The quantitative estimate of drug-likeness (QED) is 0.602. The molecule has 0 bridgehead atoms. The van der Waals surface area contributed by atoms with Crippen molar-refractivity contribution in [2.24, 2.45) is 0 Å². The summed E-state index contributed by atoms with van der Waals surface area (Å²) in [4.78, 5) is 19.1. The van der Waals surface area contributed by atoms with Crippen molar-refractivity contribution in [3.63, 3.8) is 0 Å². The Hall–Kier alpha value is -1.40. The standard InChI is InChI=1S/C4H4O4.C4H8O2/c5-3(6)1-2-4(7)8;1-2-6-4-3-5-1/h1-2H,(H,5,6)(H,7,8);1-4H2. The molecule has 6 nitrogen and oxygen atoms in total. The third kappa shape index (κ3) is 10.6. The van der Waals surface area contributed by atoms with E-state index in [0.717, 1.165) is 26.4 Å². The van der Waals surface area contributed by atoms with Gasteiger partial charge in [-0.25, -0.2) is 9.59 Å². The van der Waals surface area contributed by atoms with Gasteiger partial charge in [0.1, 0.15) is 0 Å². The van der Waals surface area contributed by atoms with Crippen LogP contribution in [0.15, 0.2) is 12.2 Å². The number of carboxylic acids is 2. The molecule has 1 heterocycles. The lowest BCUT2D eigenvalue weighted by molar-refractivity contribution is -0.134. The maximum atomic E-state index is 9.55. The first kappa shape index (κ1) is 12.6. The highest BCUT2D eigenvalue weighted by molar-refractivity contribution is 5.89. The Balaban J connectivity index is 0.000000249. The van der Waals surface area contributed by atoms with Crippen LogP contribution in [0.4, 0.5) is 0 Å². The third-order valence-corrected chi connectivity index (χ3v) is 1.11. The molecular weight excluding hydrogens is 192 g/mol. The second-order valence-corrected chi connectivity index (χ2v) is 2.23. The average molecular weight is 204 g/mol. The molecule has 0 unspecified atom stereocenters. The van der Waals surface area contributed by atoms with Crippen LogP contribution in [-0.2, 0) is 19.1 Å². The summed E-state index contributed by atoms with van der Waals surface area (Å²) in [5.74, 6) is -2.51. The molecule has 0 radical (unpaired) electrons. The van der Waals surface area contributed by atoms with Gasteiger partial charge in [0.2, 0.25) is 0 Å². The zero-order chi connectivity index (χ0) is 10.8. The maximum absolute atomic E-state index is 9.55. The number of hydrogen-bond donors (Lipinski definition) is 2. The molecule has 6 heteroatoms. The van der Waals surface area contributed by atoms with Crippen molar-refractivity contribution in [1.82, 2.24) is 0 Å². The molecule has 0 spiro atoms. The monoisotopic (exact) mass is 204 g/mol. The normalized spacial score (nSPS) is 15.7. The van der Waals surface area contributed by atoms with Gasteiger partial charge >= 0.3 is 11.9 Å². The molecule has 14 heavy (non-hydrogen) atoms. The van der Waals surface area contributed by atoms with Gasteiger partial charge in [0, 0.05) is 12.2 Å². The summed E-state index contributed by atoms with van der Waals surface area (Å²) in [6.07, 6.45) is 1.12.